The highest BCUT2D eigenvalue weighted by Gasteiger charge is 2.21. The van der Waals surface area contributed by atoms with Crippen molar-refractivity contribution in [1.82, 2.24) is 9.97 Å². The molecule has 4 rings (SSSR count). The summed E-state index contributed by atoms with van der Waals surface area (Å²) in [5, 5.41) is 4.03. The van der Waals surface area contributed by atoms with E-state index >= 15 is 0 Å². The number of nitrogens with zero attached hydrogens (tertiary/aromatic N) is 3. The van der Waals surface area contributed by atoms with Gasteiger partial charge in [-0.3, -0.25) is 4.79 Å². The fourth-order valence-corrected chi connectivity index (χ4v) is 3.47. The van der Waals surface area contributed by atoms with Crippen molar-refractivity contribution in [3.05, 3.63) is 48.3 Å². The van der Waals surface area contributed by atoms with Gasteiger partial charge in [0, 0.05) is 24.4 Å². The van der Waals surface area contributed by atoms with Gasteiger partial charge in [-0.1, -0.05) is 12.1 Å². The first-order valence-corrected chi connectivity index (χ1v) is 9.14. The van der Waals surface area contributed by atoms with Crippen molar-refractivity contribution in [2.45, 2.75) is 26.2 Å². The summed E-state index contributed by atoms with van der Waals surface area (Å²) in [6.45, 7) is 2.68. The van der Waals surface area contributed by atoms with E-state index in [0.717, 1.165) is 53.3 Å². The van der Waals surface area contributed by atoms with E-state index in [1.54, 1.807) is 7.11 Å². The van der Waals surface area contributed by atoms with Crippen LogP contribution >= 0.6 is 0 Å². The molecule has 0 aliphatic carbocycles. The number of aryl methyl sites for hydroxylation is 1. The van der Waals surface area contributed by atoms with Crippen LogP contribution in [0, 0.1) is 6.92 Å². The Morgan fingerprint density at radius 1 is 1.11 bits per heavy atom. The predicted molar refractivity (Wildman–Crippen MR) is 107 cm³/mol. The van der Waals surface area contributed by atoms with Crippen molar-refractivity contribution in [2.75, 3.05) is 23.9 Å². The van der Waals surface area contributed by atoms with Gasteiger partial charge in [0.05, 0.1) is 24.0 Å². The van der Waals surface area contributed by atoms with Gasteiger partial charge in [0.2, 0.25) is 5.91 Å². The zero-order valence-electron chi connectivity index (χ0n) is 15.5. The molecule has 0 saturated carbocycles. The smallest absolute Gasteiger partial charge is 0.224 e. The number of ether oxygens (including phenoxy) is 1. The van der Waals surface area contributed by atoms with Crippen LogP contribution < -0.4 is 15.0 Å². The first-order valence-electron chi connectivity index (χ1n) is 9.14. The Balaban J connectivity index is 1.92. The molecule has 1 N–H and O–H groups in total. The number of hydrogen-bond acceptors (Lipinski definition) is 5. The van der Waals surface area contributed by atoms with Crippen molar-refractivity contribution in [3.63, 3.8) is 0 Å². The molecule has 0 unspecified atom stereocenters. The van der Waals surface area contributed by atoms with Crippen molar-refractivity contribution in [3.8, 4) is 5.75 Å². The molecule has 0 radical (unpaired) electrons. The lowest BCUT2D eigenvalue weighted by Crippen LogP contribution is -2.21. The van der Waals surface area contributed by atoms with Crippen LogP contribution in [-0.4, -0.2) is 29.5 Å². The Kier molecular flexibility index (Phi) is 4.62. The third-order valence-electron chi connectivity index (χ3n) is 4.75. The molecule has 1 aromatic heterocycles. The van der Waals surface area contributed by atoms with E-state index in [1.807, 2.05) is 49.4 Å². The van der Waals surface area contributed by atoms with E-state index in [-0.39, 0.29) is 5.91 Å². The third kappa shape index (κ3) is 3.43. The van der Waals surface area contributed by atoms with Crippen molar-refractivity contribution >= 4 is 34.0 Å². The molecular formula is C21H22N4O2. The number of nitrogens with one attached hydrogen (secondary N) is 1. The number of methoxy groups -OCH3 is 1. The summed E-state index contributed by atoms with van der Waals surface area (Å²) in [5.74, 6) is 2.32. The monoisotopic (exact) mass is 362 g/mol. The van der Waals surface area contributed by atoms with Crippen molar-refractivity contribution < 1.29 is 9.53 Å². The molecule has 1 aliphatic heterocycles. The zero-order valence-corrected chi connectivity index (χ0v) is 15.5. The van der Waals surface area contributed by atoms with Gasteiger partial charge < -0.3 is 15.0 Å². The third-order valence-corrected chi connectivity index (χ3v) is 4.75. The van der Waals surface area contributed by atoms with Crippen molar-refractivity contribution in [2.24, 2.45) is 0 Å². The molecular weight excluding hydrogens is 340 g/mol. The van der Waals surface area contributed by atoms with Crippen LogP contribution in [0.15, 0.2) is 42.5 Å². The minimum Gasteiger partial charge on any atom is -0.497 e. The lowest BCUT2D eigenvalue weighted by Gasteiger charge is -2.27. The number of aromatic nitrogens is 2. The number of amides is 1. The summed E-state index contributed by atoms with van der Waals surface area (Å²) < 4.78 is 5.35. The van der Waals surface area contributed by atoms with E-state index in [1.165, 1.54) is 0 Å². The number of hydrogen-bond donors (Lipinski definition) is 1. The summed E-state index contributed by atoms with van der Waals surface area (Å²) in [5.41, 5.74) is 2.56. The molecule has 2 aromatic carbocycles. The second kappa shape index (κ2) is 7.23. The minimum absolute atomic E-state index is 0.0232. The first kappa shape index (κ1) is 17.3. The normalized spacial score (nSPS) is 14.7. The average molecular weight is 362 g/mol. The molecule has 1 amide bonds. The summed E-state index contributed by atoms with van der Waals surface area (Å²) in [7, 11) is 1.62. The van der Waals surface area contributed by atoms with Crippen LogP contribution in [0.3, 0.4) is 0 Å². The van der Waals surface area contributed by atoms with Gasteiger partial charge in [0.25, 0.3) is 0 Å². The van der Waals surface area contributed by atoms with Gasteiger partial charge in [-0.05, 0) is 44.0 Å². The van der Waals surface area contributed by atoms with E-state index in [0.29, 0.717) is 12.2 Å². The molecule has 1 aliphatic rings. The van der Waals surface area contributed by atoms with Gasteiger partial charge in [-0.25, -0.2) is 9.97 Å². The summed E-state index contributed by atoms with van der Waals surface area (Å²) in [6, 6.07) is 13.8. The summed E-state index contributed by atoms with van der Waals surface area (Å²) in [6.07, 6.45) is 2.24. The van der Waals surface area contributed by atoms with Crippen molar-refractivity contribution in [1.29, 1.82) is 0 Å². The standard InChI is InChI=1S/C21H22N4O2/c1-14-22-17-8-4-3-7-16(17)21(23-14)25-12-6-5-9-20(26)24-18-13-15(27-2)10-11-19(18)25/h3-4,7-8,10-11,13H,5-6,9,12H2,1-2H3,(H,24,26). The Morgan fingerprint density at radius 2 is 1.96 bits per heavy atom. The summed E-state index contributed by atoms with van der Waals surface area (Å²) >= 11 is 0. The zero-order chi connectivity index (χ0) is 18.8. The molecule has 0 bridgehead atoms. The highest BCUT2D eigenvalue weighted by Crippen LogP contribution is 2.37. The van der Waals surface area contributed by atoms with Gasteiger partial charge in [-0.2, -0.15) is 0 Å². The maximum absolute atomic E-state index is 12.3. The van der Waals surface area contributed by atoms with Gasteiger partial charge in [0.1, 0.15) is 17.4 Å². The number of carbonyl (C=O) groups excluding carboxylic acids is 1. The average Bonchev–Trinajstić information content (AvgIpc) is 2.75. The number of carbonyl (C=O) groups is 1. The maximum Gasteiger partial charge on any atom is 0.224 e. The van der Waals surface area contributed by atoms with E-state index < -0.39 is 0 Å². The molecule has 0 spiro atoms. The summed E-state index contributed by atoms with van der Waals surface area (Å²) in [4.78, 5) is 23.8. The molecule has 0 saturated heterocycles. The first-order chi connectivity index (χ1) is 13.2. The van der Waals surface area contributed by atoms with Gasteiger partial charge >= 0.3 is 0 Å². The molecule has 0 atom stereocenters. The van der Waals surface area contributed by atoms with Crippen LogP contribution in [0.1, 0.15) is 25.1 Å². The van der Waals surface area contributed by atoms with E-state index in [9.17, 15) is 4.79 Å². The second-order valence-electron chi connectivity index (χ2n) is 6.65. The quantitative estimate of drug-likeness (QED) is 0.740. The fourth-order valence-electron chi connectivity index (χ4n) is 3.47. The number of benzene rings is 2. The minimum atomic E-state index is 0.0232. The molecule has 6 heteroatoms. The van der Waals surface area contributed by atoms with Gasteiger partial charge in [-0.15, -0.1) is 0 Å². The Morgan fingerprint density at radius 3 is 2.81 bits per heavy atom. The highest BCUT2D eigenvalue weighted by molar-refractivity contribution is 5.98. The van der Waals surface area contributed by atoms with E-state index in [4.69, 9.17) is 9.72 Å². The SMILES string of the molecule is COc1ccc2c(c1)NC(=O)CCCCN2c1nc(C)nc2ccccc12. The second-order valence-corrected chi connectivity index (χ2v) is 6.65. The molecule has 138 valence electrons. The fraction of sp³-hybridized carbons (Fsp3) is 0.286. The highest BCUT2D eigenvalue weighted by atomic mass is 16.5. The predicted octanol–water partition coefficient (Wildman–Crippen LogP) is 4.21. The van der Waals surface area contributed by atoms with Crippen LogP contribution in [0.4, 0.5) is 17.2 Å². The lowest BCUT2D eigenvalue weighted by atomic mass is 10.1. The van der Waals surface area contributed by atoms with Crippen LogP contribution in [0.5, 0.6) is 5.75 Å². The lowest BCUT2D eigenvalue weighted by molar-refractivity contribution is -0.116. The van der Waals surface area contributed by atoms with E-state index in [2.05, 4.69) is 15.2 Å². The molecule has 27 heavy (non-hydrogen) atoms. The van der Waals surface area contributed by atoms with Crippen LogP contribution in [0.25, 0.3) is 10.9 Å². The number of fused-ring (bicyclic) bond motifs is 2. The van der Waals surface area contributed by atoms with Gasteiger partial charge in [0.15, 0.2) is 0 Å². The molecule has 3 aromatic rings. The topological polar surface area (TPSA) is 67.3 Å². The van der Waals surface area contributed by atoms with Crippen LogP contribution in [-0.2, 0) is 4.79 Å². The molecule has 0 fully saturated rings. The molecule has 2 heterocycles. The largest absolute Gasteiger partial charge is 0.497 e. The number of rotatable bonds is 2. The Labute approximate surface area is 158 Å². The number of anilines is 3. The Bertz CT molecular complexity index is 1000. The number of para-hydroxylation sites is 1. The maximum atomic E-state index is 12.3. The Hall–Kier alpha value is -3.15. The van der Waals surface area contributed by atoms with Crippen LogP contribution in [0.2, 0.25) is 0 Å². The molecule has 6 nitrogen and oxygen atoms in total.